The van der Waals surface area contributed by atoms with E-state index in [9.17, 15) is 19.5 Å². The number of rotatable bonds is 7. The Morgan fingerprint density at radius 3 is 2.24 bits per heavy atom. The molecular weight excluding hydrogens is 470 g/mol. The molecule has 8 nitrogen and oxygen atoms in total. The highest BCUT2D eigenvalue weighted by Gasteiger charge is 2.44. The summed E-state index contributed by atoms with van der Waals surface area (Å²) in [7, 11) is 0. The molecule has 3 amide bonds. The van der Waals surface area contributed by atoms with Crippen LogP contribution in [0.2, 0.25) is 0 Å². The van der Waals surface area contributed by atoms with Crippen LogP contribution in [0.3, 0.4) is 0 Å². The molecule has 37 heavy (non-hydrogen) atoms. The Bertz CT molecular complexity index is 1190. The molecule has 1 aliphatic carbocycles. The minimum absolute atomic E-state index is 0.0543. The van der Waals surface area contributed by atoms with Gasteiger partial charge in [-0.3, -0.25) is 19.6 Å². The zero-order valence-corrected chi connectivity index (χ0v) is 21.0. The maximum Gasteiger partial charge on any atom is 0.268 e. The van der Waals surface area contributed by atoms with Gasteiger partial charge in [0.15, 0.2) is 0 Å². The van der Waals surface area contributed by atoms with E-state index in [1.807, 2.05) is 85.8 Å². The summed E-state index contributed by atoms with van der Waals surface area (Å²) >= 11 is 0. The van der Waals surface area contributed by atoms with Gasteiger partial charge in [-0.2, -0.15) is 0 Å². The maximum absolute atomic E-state index is 14.2. The lowest BCUT2D eigenvalue weighted by molar-refractivity contribution is -0.148. The van der Waals surface area contributed by atoms with Crippen molar-refractivity contribution < 1.29 is 24.7 Å². The van der Waals surface area contributed by atoms with Gasteiger partial charge in [-0.1, -0.05) is 85.8 Å². The molecule has 0 fully saturated rings. The predicted octanol–water partition coefficient (Wildman–Crippen LogP) is 2.62. The SMILES string of the molecule is CCC1(C(=O)N2Cc3ccccc3C[C@H]2C(=O)N[C@H](C(=O)NO)[C@@H](C)O)C=CC(c2ccccc2)C=C1. The molecule has 2 aromatic carbocycles. The number of hydrogen-bond donors (Lipinski definition) is 4. The van der Waals surface area contributed by atoms with Crippen molar-refractivity contribution in [3.8, 4) is 0 Å². The van der Waals surface area contributed by atoms with Gasteiger partial charge in [-0.25, -0.2) is 5.48 Å². The number of fused-ring (bicyclic) bond motifs is 1. The molecule has 4 rings (SSSR count). The highest BCUT2D eigenvalue weighted by Crippen LogP contribution is 2.38. The van der Waals surface area contributed by atoms with Crippen molar-refractivity contribution in [3.63, 3.8) is 0 Å². The van der Waals surface area contributed by atoms with Crippen LogP contribution in [-0.4, -0.2) is 51.1 Å². The maximum atomic E-state index is 14.2. The van der Waals surface area contributed by atoms with E-state index in [4.69, 9.17) is 5.21 Å². The Balaban J connectivity index is 1.64. The van der Waals surface area contributed by atoms with Crippen LogP contribution in [-0.2, 0) is 27.3 Å². The first-order valence-corrected chi connectivity index (χ1v) is 12.5. The second-order valence-corrected chi connectivity index (χ2v) is 9.67. The third kappa shape index (κ3) is 5.35. The van der Waals surface area contributed by atoms with E-state index in [0.717, 1.165) is 16.7 Å². The quantitative estimate of drug-likeness (QED) is 0.263. The van der Waals surface area contributed by atoms with Gasteiger partial charge >= 0.3 is 0 Å². The number of carbonyl (C=O) groups excluding carboxylic acids is 3. The smallest absolute Gasteiger partial charge is 0.268 e. The van der Waals surface area contributed by atoms with Gasteiger partial charge in [0.2, 0.25) is 11.8 Å². The number of amides is 3. The van der Waals surface area contributed by atoms with Crippen LogP contribution in [0.15, 0.2) is 78.9 Å². The van der Waals surface area contributed by atoms with Crippen LogP contribution in [0.5, 0.6) is 0 Å². The average molecular weight is 504 g/mol. The average Bonchev–Trinajstić information content (AvgIpc) is 2.94. The highest BCUT2D eigenvalue weighted by molar-refractivity contribution is 5.95. The van der Waals surface area contributed by atoms with E-state index < -0.39 is 35.4 Å². The molecule has 3 atom stereocenters. The first-order valence-electron chi connectivity index (χ1n) is 12.5. The summed E-state index contributed by atoms with van der Waals surface area (Å²) < 4.78 is 0. The minimum Gasteiger partial charge on any atom is -0.391 e. The number of allylic oxidation sites excluding steroid dienone is 2. The van der Waals surface area contributed by atoms with Crippen LogP contribution in [0.1, 0.15) is 42.9 Å². The molecule has 0 saturated heterocycles. The van der Waals surface area contributed by atoms with E-state index in [-0.39, 0.29) is 24.8 Å². The number of aliphatic hydroxyl groups is 1. The first kappa shape index (κ1) is 26.3. The van der Waals surface area contributed by atoms with Crippen molar-refractivity contribution in [2.75, 3.05) is 0 Å². The van der Waals surface area contributed by atoms with Crippen LogP contribution in [0.25, 0.3) is 0 Å². The fourth-order valence-corrected chi connectivity index (χ4v) is 5.06. The van der Waals surface area contributed by atoms with Gasteiger partial charge in [0.25, 0.3) is 5.91 Å². The second kappa shape index (κ2) is 11.1. The fourth-order valence-electron chi connectivity index (χ4n) is 5.06. The van der Waals surface area contributed by atoms with Crippen molar-refractivity contribution >= 4 is 17.7 Å². The Morgan fingerprint density at radius 1 is 1.03 bits per heavy atom. The molecule has 0 aromatic heterocycles. The van der Waals surface area contributed by atoms with Crippen LogP contribution >= 0.6 is 0 Å². The van der Waals surface area contributed by atoms with Gasteiger partial charge in [0, 0.05) is 18.9 Å². The lowest BCUT2D eigenvalue weighted by atomic mass is 9.76. The number of hydroxylamine groups is 1. The van der Waals surface area contributed by atoms with Crippen LogP contribution in [0.4, 0.5) is 0 Å². The summed E-state index contributed by atoms with van der Waals surface area (Å²) in [6, 6.07) is 15.4. The number of benzene rings is 2. The molecule has 8 heteroatoms. The van der Waals surface area contributed by atoms with Gasteiger partial charge in [0.1, 0.15) is 12.1 Å². The number of carbonyl (C=O) groups is 3. The zero-order valence-electron chi connectivity index (χ0n) is 21.0. The summed E-state index contributed by atoms with van der Waals surface area (Å²) in [5, 5.41) is 21.6. The van der Waals surface area contributed by atoms with Crippen LogP contribution in [0, 0.1) is 5.41 Å². The standard InChI is InChI=1S/C29H33N3O5/c1-3-29(15-13-21(14-16-29)20-9-5-4-6-10-20)28(36)32-18-23-12-8-7-11-22(23)17-24(32)26(34)30-25(19(2)33)27(35)31-37/h4-16,19,21,24-25,33,37H,3,17-18H2,1-2H3,(H,30,34)(H,31,35)/t19-,21?,24+,25+,29?/m1/s1. The molecule has 0 unspecified atom stereocenters. The Hall–Kier alpha value is -3.75. The molecule has 0 radical (unpaired) electrons. The monoisotopic (exact) mass is 503 g/mol. The van der Waals surface area contributed by atoms with E-state index in [2.05, 4.69) is 5.32 Å². The summed E-state index contributed by atoms with van der Waals surface area (Å²) in [5.74, 6) is -1.66. The highest BCUT2D eigenvalue weighted by atomic mass is 16.5. The third-order valence-corrected chi connectivity index (χ3v) is 7.35. The molecule has 2 aromatic rings. The number of nitrogens with zero attached hydrogens (tertiary/aromatic N) is 1. The van der Waals surface area contributed by atoms with E-state index in [1.54, 1.807) is 4.90 Å². The summed E-state index contributed by atoms with van der Waals surface area (Å²) in [5.41, 5.74) is 3.59. The van der Waals surface area contributed by atoms with E-state index >= 15 is 0 Å². The van der Waals surface area contributed by atoms with Gasteiger partial charge in [-0.05, 0) is 30.0 Å². The fraction of sp³-hybridized carbons (Fsp3) is 0.345. The normalized spacial score (nSPS) is 24.1. The molecule has 1 heterocycles. The molecule has 4 N–H and O–H groups in total. The molecule has 1 aliphatic heterocycles. The van der Waals surface area contributed by atoms with Crippen molar-refractivity contribution in [1.29, 1.82) is 0 Å². The molecule has 194 valence electrons. The number of nitrogens with one attached hydrogen (secondary N) is 2. The minimum atomic E-state index is -1.37. The van der Waals surface area contributed by atoms with Crippen molar-refractivity contribution in [3.05, 3.63) is 95.6 Å². The third-order valence-electron chi connectivity index (χ3n) is 7.35. The van der Waals surface area contributed by atoms with E-state index in [0.29, 0.717) is 6.42 Å². The molecule has 0 bridgehead atoms. The Morgan fingerprint density at radius 2 is 1.65 bits per heavy atom. The van der Waals surface area contributed by atoms with Crippen molar-refractivity contribution in [2.24, 2.45) is 5.41 Å². The zero-order chi connectivity index (χ0) is 26.6. The number of hydrogen-bond acceptors (Lipinski definition) is 5. The Kier molecular flexibility index (Phi) is 7.90. The van der Waals surface area contributed by atoms with Crippen molar-refractivity contribution in [2.45, 2.75) is 57.3 Å². The summed E-state index contributed by atoms with van der Waals surface area (Å²) in [6.07, 6.45) is 7.44. The second-order valence-electron chi connectivity index (χ2n) is 9.67. The molecule has 0 saturated carbocycles. The first-order chi connectivity index (χ1) is 17.8. The molecular formula is C29H33N3O5. The van der Waals surface area contributed by atoms with Crippen molar-refractivity contribution in [1.82, 2.24) is 15.7 Å². The lowest BCUT2D eigenvalue weighted by Gasteiger charge is -2.41. The van der Waals surface area contributed by atoms with Gasteiger partial charge < -0.3 is 15.3 Å². The van der Waals surface area contributed by atoms with E-state index in [1.165, 1.54) is 12.4 Å². The number of aliphatic hydroxyl groups excluding tert-OH is 1. The summed E-state index contributed by atoms with van der Waals surface area (Å²) in [6.45, 7) is 3.52. The van der Waals surface area contributed by atoms with Gasteiger partial charge in [-0.15, -0.1) is 0 Å². The topological polar surface area (TPSA) is 119 Å². The van der Waals surface area contributed by atoms with Crippen LogP contribution < -0.4 is 10.8 Å². The largest absolute Gasteiger partial charge is 0.391 e. The lowest BCUT2D eigenvalue weighted by Crippen LogP contribution is -2.60. The Labute approximate surface area is 216 Å². The van der Waals surface area contributed by atoms with Gasteiger partial charge in [0.05, 0.1) is 11.5 Å². The molecule has 2 aliphatic rings. The predicted molar refractivity (Wildman–Crippen MR) is 138 cm³/mol. The summed E-state index contributed by atoms with van der Waals surface area (Å²) in [4.78, 5) is 41.2. The molecule has 0 spiro atoms.